The summed E-state index contributed by atoms with van der Waals surface area (Å²) in [6.07, 6.45) is 8.70. The van der Waals surface area contributed by atoms with Gasteiger partial charge in [0, 0.05) is 17.7 Å². The molecule has 25 heavy (non-hydrogen) atoms. The highest BCUT2D eigenvalue weighted by molar-refractivity contribution is 5.78. The first-order chi connectivity index (χ1) is 12.2. The Morgan fingerprint density at radius 3 is 3.08 bits per heavy atom. The maximum Gasteiger partial charge on any atom is 0.258 e. The second-order valence-electron chi connectivity index (χ2n) is 6.11. The smallest absolute Gasteiger partial charge is 0.258 e. The molecule has 0 spiro atoms. The third-order valence-electron chi connectivity index (χ3n) is 4.32. The van der Waals surface area contributed by atoms with Crippen molar-refractivity contribution >= 4 is 11.6 Å². The lowest BCUT2D eigenvalue weighted by Crippen LogP contribution is -2.31. The van der Waals surface area contributed by atoms with Gasteiger partial charge in [-0.15, -0.1) is 10.2 Å². The molecule has 0 aromatic carbocycles. The van der Waals surface area contributed by atoms with Crippen LogP contribution in [0.25, 0.3) is 17.1 Å². The van der Waals surface area contributed by atoms with Gasteiger partial charge in [-0.05, 0) is 38.3 Å². The normalized spacial score (nSPS) is 17.1. The molecule has 4 rings (SSSR count). The molecule has 1 atom stereocenters. The Hall–Kier alpha value is -3.03. The molecule has 8 nitrogen and oxygen atoms in total. The monoisotopic (exact) mass is 338 g/mol. The Balaban J connectivity index is 1.49. The van der Waals surface area contributed by atoms with Crippen molar-refractivity contribution in [1.82, 2.24) is 30.1 Å². The Morgan fingerprint density at radius 1 is 1.40 bits per heavy atom. The van der Waals surface area contributed by atoms with Crippen molar-refractivity contribution in [3.8, 4) is 11.5 Å². The van der Waals surface area contributed by atoms with E-state index in [1.807, 2.05) is 22.7 Å². The van der Waals surface area contributed by atoms with Gasteiger partial charge in [0.1, 0.15) is 0 Å². The number of nitrogens with one attached hydrogen (secondary N) is 1. The Morgan fingerprint density at radius 2 is 2.32 bits per heavy atom. The van der Waals surface area contributed by atoms with Crippen LogP contribution in [0.15, 0.2) is 35.0 Å². The summed E-state index contributed by atoms with van der Waals surface area (Å²) in [6.45, 7) is 2.12. The second-order valence-corrected chi connectivity index (χ2v) is 6.11. The summed E-state index contributed by atoms with van der Waals surface area (Å²) in [5, 5.41) is 15.1. The zero-order valence-corrected chi connectivity index (χ0v) is 13.8. The van der Waals surface area contributed by atoms with Crippen molar-refractivity contribution in [2.75, 3.05) is 0 Å². The molecule has 8 heteroatoms. The van der Waals surface area contributed by atoms with Gasteiger partial charge in [0.2, 0.25) is 5.91 Å². The number of allylic oxidation sites excluding steroid dienone is 2. The van der Waals surface area contributed by atoms with Gasteiger partial charge in [0.25, 0.3) is 5.89 Å². The first-order valence-electron chi connectivity index (χ1n) is 8.28. The number of aryl methyl sites for hydroxylation is 1. The van der Waals surface area contributed by atoms with Gasteiger partial charge in [-0.25, -0.2) is 0 Å². The number of nitrogens with zero attached hydrogens (tertiary/aromatic N) is 5. The number of rotatable bonds is 4. The maximum atomic E-state index is 12.2. The summed E-state index contributed by atoms with van der Waals surface area (Å²) in [5.74, 6) is 1.83. The third-order valence-corrected chi connectivity index (χ3v) is 4.32. The zero-order chi connectivity index (χ0) is 17.2. The molecule has 1 N–H and O–H groups in total. The highest BCUT2D eigenvalue weighted by Crippen LogP contribution is 2.20. The van der Waals surface area contributed by atoms with E-state index in [-0.39, 0.29) is 11.8 Å². The molecule has 0 radical (unpaired) electrons. The number of hydrogen-bond donors (Lipinski definition) is 1. The Labute approximate surface area is 143 Å². The number of hydrogen-bond acceptors (Lipinski definition) is 6. The molecule has 3 aromatic heterocycles. The number of amides is 1. The van der Waals surface area contributed by atoms with E-state index < -0.39 is 0 Å². The summed E-state index contributed by atoms with van der Waals surface area (Å²) in [6, 6.07) is 3.69. The van der Waals surface area contributed by atoms with Gasteiger partial charge < -0.3 is 9.84 Å². The van der Waals surface area contributed by atoms with E-state index >= 15 is 0 Å². The highest BCUT2D eigenvalue weighted by Gasteiger charge is 2.19. The van der Waals surface area contributed by atoms with Gasteiger partial charge in [-0.3, -0.25) is 9.20 Å². The summed E-state index contributed by atoms with van der Waals surface area (Å²) < 4.78 is 7.01. The number of carbonyl (C=O) groups is 1. The topological polar surface area (TPSA) is 98.2 Å². The average molecular weight is 338 g/mol. The van der Waals surface area contributed by atoms with Crippen LogP contribution in [0.3, 0.4) is 0 Å². The summed E-state index contributed by atoms with van der Waals surface area (Å²) in [4.78, 5) is 16.4. The van der Waals surface area contributed by atoms with E-state index in [0.717, 1.165) is 24.8 Å². The van der Waals surface area contributed by atoms with Crippen LogP contribution < -0.4 is 5.32 Å². The fourth-order valence-electron chi connectivity index (χ4n) is 2.95. The van der Waals surface area contributed by atoms with Crippen LogP contribution >= 0.6 is 0 Å². The van der Waals surface area contributed by atoms with Crippen molar-refractivity contribution in [2.45, 2.75) is 32.7 Å². The number of aromatic nitrogens is 5. The molecule has 128 valence electrons. The molecule has 0 aliphatic heterocycles. The van der Waals surface area contributed by atoms with E-state index in [1.165, 1.54) is 0 Å². The van der Waals surface area contributed by atoms with Crippen molar-refractivity contribution in [1.29, 1.82) is 0 Å². The predicted molar refractivity (Wildman–Crippen MR) is 89.3 cm³/mol. The summed E-state index contributed by atoms with van der Waals surface area (Å²) in [7, 11) is 0. The predicted octanol–water partition coefficient (Wildman–Crippen LogP) is 2.06. The molecule has 0 saturated heterocycles. The molecular weight excluding hydrogens is 320 g/mol. The van der Waals surface area contributed by atoms with E-state index in [0.29, 0.717) is 29.7 Å². The SMILES string of the molecule is Cc1noc(-c2ccn3c(CNC(=O)C4CC=CCC4)nnc3c2)n1. The first kappa shape index (κ1) is 15.5. The minimum absolute atomic E-state index is 0.0524. The fraction of sp³-hybridized carbons (Fsp3) is 0.353. The van der Waals surface area contributed by atoms with Gasteiger partial charge in [-0.2, -0.15) is 4.98 Å². The Kier molecular flexibility index (Phi) is 4.01. The number of carbonyl (C=O) groups excluding carboxylic acids is 1. The number of fused-ring (bicyclic) bond motifs is 1. The number of pyridine rings is 1. The maximum absolute atomic E-state index is 12.2. The van der Waals surface area contributed by atoms with Crippen molar-refractivity contribution in [3.63, 3.8) is 0 Å². The fourth-order valence-corrected chi connectivity index (χ4v) is 2.95. The van der Waals surface area contributed by atoms with Crippen LogP contribution in [0.5, 0.6) is 0 Å². The van der Waals surface area contributed by atoms with Gasteiger partial charge in [0.05, 0.1) is 6.54 Å². The quantitative estimate of drug-likeness (QED) is 0.731. The molecule has 1 amide bonds. The van der Waals surface area contributed by atoms with Crippen LogP contribution in [0, 0.1) is 12.8 Å². The minimum atomic E-state index is 0.0524. The van der Waals surface area contributed by atoms with Crippen molar-refractivity contribution in [2.24, 2.45) is 5.92 Å². The first-order valence-corrected chi connectivity index (χ1v) is 8.28. The molecule has 1 unspecified atom stereocenters. The molecule has 0 saturated carbocycles. The minimum Gasteiger partial charge on any atom is -0.349 e. The lowest BCUT2D eigenvalue weighted by Gasteiger charge is -2.16. The zero-order valence-electron chi connectivity index (χ0n) is 13.8. The lowest BCUT2D eigenvalue weighted by molar-refractivity contribution is -0.125. The Bertz CT molecular complexity index is 942. The van der Waals surface area contributed by atoms with Crippen LogP contribution in [0.4, 0.5) is 0 Å². The molecule has 0 bridgehead atoms. The van der Waals surface area contributed by atoms with Gasteiger partial charge >= 0.3 is 0 Å². The molecule has 1 aliphatic rings. The summed E-state index contributed by atoms with van der Waals surface area (Å²) in [5.41, 5.74) is 1.45. The van der Waals surface area contributed by atoms with Crippen LogP contribution in [0.1, 0.15) is 30.9 Å². The van der Waals surface area contributed by atoms with Crippen molar-refractivity contribution < 1.29 is 9.32 Å². The molecule has 3 aromatic rings. The molecule has 1 aliphatic carbocycles. The van der Waals surface area contributed by atoms with Crippen LogP contribution in [-0.4, -0.2) is 30.6 Å². The third kappa shape index (κ3) is 3.15. The largest absolute Gasteiger partial charge is 0.349 e. The second kappa shape index (κ2) is 6.46. The lowest BCUT2D eigenvalue weighted by atomic mass is 9.94. The molecule has 3 heterocycles. The molecule has 0 fully saturated rings. The van der Waals surface area contributed by atoms with Crippen LogP contribution in [0.2, 0.25) is 0 Å². The summed E-state index contributed by atoms with van der Waals surface area (Å²) >= 11 is 0. The standard InChI is InChI=1S/C17H18N6O2/c1-11-19-17(25-22-11)13-7-8-23-14(9-13)20-21-15(23)10-18-16(24)12-5-3-2-4-6-12/h2-3,7-9,12H,4-6,10H2,1H3,(H,18,24). The van der Waals surface area contributed by atoms with Gasteiger partial charge in [-0.1, -0.05) is 17.3 Å². The highest BCUT2D eigenvalue weighted by atomic mass is 16.5. The van der Waals surface area contributed by atoms with E-state index in [4.69, 9.17) is 4.52 Å². The van der Waals surface area contributed by atoms with E-state index in [2.05, 4.69) is 37.8 Å². The van der Waals surface area contributed by atoms with E-state index in [1.54, 1.807) is 6.92 Å². The van der Waals surface area contributed by atoms with Gasteiger partial charge in [0.15, 0.2) is 17.3 Å². The molecular formula is C17H18N6O2. The van der Waals surface area contributed by atoms with Crippen molar-refractivity contribution in [3.05, 3.63) is 42.1 Å². The van der Waals surface area contributed by atoms with Crippen LogP contribution in [-0.2, 0) is 11.3 Å². The average Bonchev–Trinajstić information content (AvgIpc) is 3.26. The van der Waals surface area contributed by atoms with E-state index in [9.17, 15) is 4.79 Å².